The summed E-state index contributed by atoms with van der Waals surface area (Å²) in [4.78, 5) is 11.4. The second-order valence-corrected chi connectivity index (χ2v) is 5.18. The van der Waals surface area contributed by atoms with Gasteiger partial charge in [0.05, 0.1) is 0 Å². The van der Waals surface area contributed by atoms with Gasteiger partial charge in [0.15, 0.2) is 0 Å². The molecule has 154 valence electrons. The van der Waals surface area contributed by atoms with Crippen LogP contribution in [0.3, 0.4) is 0 Å². The lowest BCUT2D eigenvalue weighted by atomic mass is 10.2. The van der Waals surface area contributed by atoms with Crippen molar-refractivity contribution in [1.29, 1.82) is 0 Å². The van der Waals surface area contributed by atoms with Crippen molar-refractivity contribution in [3.05, 3.63) is 29.3 Å². The molecule has 0 heterocycles. The monoisotopic (exact) mass is 439 g/mol. The highest BCUT2D eigenvalue weighted by molar-refractivity contribution is 6.30. The van der Waals surface area contributed by atoms with Crippen molar-refractivity contribution < 1.29 is 57.8 Å². The van der Waals surface area contributed by atoms with E-state index in [2.05, 4.69) is 4.74 Å². The van der Waals surface area contributed by atoms with Crippen LogP contribution in [-0.2, 0) is 9.53 Å². The molecule has 0 spiro atoms. The maximum atomic E-state index is 13.9. The minimum absolute atomic E-state index is 0.237. The molecular weight excluding hydrogens is 435 g/mol. The van der Waals surface area contributed by atoms with Crippen LogP contribution in [0.4, 0.5) is 54.0 Å². The van der Waals surface area contributed by atoms with Crippen LogP contribution in [-0.4, -0.2) is 36.1 Å². The van der Waals surface area contributed by atoms with E-state index in [1.807, 2.05) is 0 Å². The van der Waals surface area contributed by atoms with Crippen molar-refractivity contribution >= 4 is 23.2 Å². The molecule has 1 N–H and O–H groups in total. The van der Waals surface area contributed by atoms with Crippen molar-refractivity contribution in [3.63, 3.8) is 0 Å². The van der Waals surface area contributed by atoms with E-state index in [0.717, 1.165) is 23.5 Å². The first-order valence-corrected chi connectivity index (χ1v) is 6.58. The maximum absolute atomic E-state index is 13.9. The van der Waals surface area contributed by atoms with Crippen LogP contribution in [0.25, 0.3) is 0 Å². The lowest BCUT2D eigenvalue weighted by molar-refractivity contribution is -0.472. The zero-order valence-corrected chi connectivity index (χ0v) is 12.9. The Bertz CT molecular complexity index is 703. The Morgan fingerprint density at radius 2 is 1.41 bits per heavy atom. The van der Waals surface area contributed by atoms with E-state index in [-0.39, 0.29) is 5.02 Å². The molecule has 1 amide bonds. The third-order valence-electron chi connectivity index (χ3n) is 2.73. The average molecular weight is 440 g/mol. The molecule has 1 atom stereocenters. The number of rotatable bonds is 5. The number of halogens is 12. The van der Waals surface area contributed by atoms with Gasteiger partial charge in [0.1, 0.15) is 0 Å². The fraction of sp³-hybridized carbons (Fsp3) is 0.417. The van der Waals surface area contributed by atoms with Crippen molar-refractivity contribution in [2.75, 3.05) is 5.32 Å². The number of hydrogen-bond acceptors (Lipinski definition) is 2. The molecule has 0 aliphatic carbocycles. The van der Waals surface area contributed by atoms with Gasteiger partial charge in [-0.15, -0.1) is 0 Å². The summed E-state index contributed by atoms with van der Waals surface area (Å²) in [6.45, 7) is 0. The number of ether oxygens (including phenoxy) is 1. The Morgan fingerprint density at radius 3 is 1.81 bits per heavy atom. The Kier molecular flexibility index (Phi) is 5.99. The number of carbonyl (C=O) groups excluding carboxylic acids is 1. The number of nitrogens with one attached hydrogen (secondary N) is 1. The Balaban J connectivity index is 3.30. The third-order valence-corrected chi connectivity index (χ3v) is 2.96. The predicted molar refractivity (Wildman–Crippen MR) is 67.0 cm³/mol. The lowest BCUT2D eigenvalue weighted by Gasteiger charge is -2.34. The second-order valence-electron chi connectivity index (χ2n) is 4.75. The first-order valence-electron chi connectivity index (χ1n) is 6.20. The number of benzene rings is 1. The standard InChI is InChI=1S/C12H5ClF11NO2/c13-5-2-1-3-6(4-5)25-7(26)8(14,10(17,18)19)27-12(23,24)9(15,16)11(20,21)22/h1-4H,(H,25,26)/t8-/m0/s1. The molecule has 0 saturated heterocycles. The van der Waals surface area contributed by atoms with Crippen LogP contribution in [0, 0.1) is 0 Å². The number of amides is 1. The zero-order valence-electron chi connectivity index (χ0n) is 12.2. The average Bonchev–Trinajstić information content (AvgIpc) is 2.44. The molecule has 1 rings (SSSR count). The van der Waals surface area contributed by atoms with Gasteiger partial charge in [0.2, 0.25) is 0 Å². The van der Waals surface area contributed by atoms with Crippen molar-refractivity contribution in [2.24, 2.45) is 0 Å². The minimum atomic E-state index is -7.25. The Labute approximate surface area is 147 Å². The summed E-state index contributed by atoms with van der Waals surface area (Å²) < 4.78 is 142. The van der Waals surface area contributed by atoms with E-state index >= 15 is 0 Å². The Hall–Kier alpha value is -1.83. The molecule has 0 aromatic heterocycles. The van der Waals surface area contributed by atoms with Gasteiger partial charge in [0, 0.05) is 10.7 Å². The summed E-state index contributed by atoms with van der Waals surface area (Å²) >= 11 is 5.41. The van der Waals surface area contributed by atoms with Gasteiger partial charge < -0.3 is 5.32 Å². The normalized spacial score (nSPS) is 16.0. The van der Waals surface area contributed by atoms with E-state index in [1.54, 1.807) is 0 Å². The van der Waals surface area contributed by atoms with Gasteiger partial charge in [-0.3, -0.25) is 9.53 Å². The van der Waals surface area contributed by atoms with E-state index in [1.165, 1.54) is 0 Å². The summed E-state index contributed by atoms with van der Waals surface area (Å²) in [5.74, 6) is -16.7. The van der Waals surface area contributed by atoms with Gasteiger partial charge in [-0.05, 0) is 18.2 Å². The summed E-state index contributed by atoms with van der Waals surface area (Å²) in [7, 11) is 0. The largest absolute Gasteiger partial charge is 0.462 e. The highest BCUT2D eigenvalue weighted by Crippen LogP contribution is 2.51. The summed E-state index contributed by atoms with van der Waals surface area (Å²) in [6.07, 6.45) is -21.0. The van der Waals surface area contributed by atoms with Crippen molar-refractivity contribution in [1.82, 2.24) is 0 Å². The van der Waals surface area contributed by atoms with Gasteiger partial charge >= 0.3 is 30.2 Å². The molecule has 0 saturated carbocycles. The fourth-order valence-electron chi connectivity index (χ4n) is 1.42. The van der Waals surface area contributed by atoms with Gasteiger partial charge in [-0.2, -0.15) is 48.3 Å². The van der Waals surface area contributed by atoms with Gasteiger partial charge in [-0.25, -0.2) is 0 Å². The number of anilines is 1. The zero-order chi connectivity index (χ0) is 21.5. The number of hydrogen-bond donors (Lipinski definition) is 1. The summed E-state index contributed by atoms with van der Waals surface area (Å²) in [5, 5.41) is 0.803. The van der Waals surface area contributed by atoms with E-state index in [9.17, 15) is 53.1 Å². The second kappa shape index (κ2) is 6.96. The molecule has 0 fully saturated rings. The predicted octanol–water partition coefficient (Wildman–Crippen LogP) is 5.31. The van der Waals surface area contributed by atoms with Crippen LogP contribution in [0.5, 0.6) is 0 Å². The fourth-order valence-corrected chi connectivity index (χ4v) is 1.61. The molecule has 0 bridgehead atoms. The van der Waals surface area contributed by atoms with Crippen molar-refractivity contribution in [2.45, 2.75) is 30.2 Å². The molecule has 3 nitrogen and oxygen atoms in total. The lowest BCUT2D eigenvalue weighted by Crippen LogP contribution is -2.62. The van der Waals surface area contributed by atoms with Crippen LogP contribution in [0.2, 0.25) is 5.02 Å². The quantitative estimate of drug-likeness (QED) is 0.631. The molecule has 0 radical (unpaired) electrons. The first kappa shape index (κ1) is 23.2. The van der Waals surface area contributed by atoms with Gasteiger partial charge in [-0.1, -0.05) is 17.7 Å². The highest BCUT2D eigenvalue weighted by atomic mass is 35.5. The topological polar surface area (TPSA) is 38.3 Å². The minimum Gasteiger partial charge on any atom is -0.321 e. The number of carbonyl (C=O) groups is 1. The molecule has 1 aromatic carbocycles. The number of alkyl halides is 11. The van der Waals surface area contributed by atoms with E-state index in [0.29, 0.717) is 6.07 Å². The van der Waals surface area contributed by atoms with Gasteiger partial charge in [0.25, 0.3) is 5.91 Å². The van der Waals surface area contributed by atoms with Crippen LogP contribution in [0.15, 0.2) is 24.3 Å². The Morgan fingerprint density at radius 1 is 0.889 bits per heavy atom. The molecular formula is C12H5ClF11NO2. The molecule has 15 heteroatoms. The SMILES string of the molecule is O=C(Nc1cccc(Cl)c1)[C@](F)(OC(F)(F)C(F)(F)C(F)(F)F)C(F)(F)F. The van der Waals surface area contributed by atoms with Crippen molar-refractivity contribution in [3.8, 4) is 0 Å². The molecule has 0 aliphatic rings. The first-order chi connectivity index (χ1) is 11.8. The highest BCUT2D eigenvalue weighted by Gasteiger charge is 2.79. The third kappa shape index (κ3) is 4.54. The van der Waals surface area contributed by atoms with Crippen LogP contribution < -0.4 is 5.32 Å². The molecule has 0 aliphatic heterocycles. The van der Waals surface area contributed by atoms with E-state index < -0.39 is 41.8 Å². The van der Waals surface area contributed by atoms with Crippen LogP contribution in [0.1, 0.15) is 0 Å². The summed E-state index contributed by atoms with van der Waals surface area (Å²) in [5.41, 5.74) is -0.728. The molecule has 1 aromatic rings. The van der Waals surface area contributed by atoms with Crippen LogP contribution >= 0.6 is 11.6 Å². The summed E-state index contributed by atoms with van der Waals surface area (Å²) in [6, 6.07) is 3.60. The molecule has 27 heavy (non-hydrogen) atoms. The van der Waals surface area contributed by atoms with E-state index in [4.69, 9.17) is 11.6 Å². The smallest absolute Gasteiger partial charge is 0.321 e. The molecule has 0 unspecified atom stereocenters. The maximum Gasteiger partial charge on any atom is 0.462 e.